The Balaban J connectivity index is 1.94. The van der Waals surface area contributed by atoms with Crippen molar-refractivity contribution in [2.24, 2.45) is 0 Å². The van der Waals surface area contributed by atoms with Crippen molar-refractivity contribution < 1.29 is 4.74 Å². The van der Waals surface area contributed by atoms with E-state index in [0.29, 0.717) is 6.42 Å². The zero-order chi connectivity index (χ0) is 14.8. The van der Waals surface area contributed by atoms with Crippen molar-refractivity contribution in [2.75, 3.05) is 26.1 Å². The second-order valence-electron chi connectivity index (χ2n) is 5.11. The van der Waals surface area contributed by atoms with Crippen molar-refractivity contribution in [1.29, 1.82) is 0 Å². The van der Waals surface area contributed by atoms with Gasteiger partial charge in [0, 0.05) is 26.1 Å². The minimum absolute atomic E-state index is 0.692. The Hall–Kier alpha value is -2.56. The molecule has 0 radical (unpaired) electrons. The molecule has 0 fully saturated rings. The van der Waals surface area contributed by atoms with Crippen molar-refractivity contribution in [3.8, 4) is 5.75 Å². The van der Waals surface area contributed by atoms with Gasteiger partial charge in [0.05, 0.1) is 12.6 Å². The van der Waals surface area contributed by atoms with Crippen LogP contribution in [0.5, 0.6) is 5.75 Å². The number of hydrogen-bond acceptors (Lipinski definition) is 4. The number of imidazole rings is 1. The Morgan fingerprint density at radius 2 is 1.90 bits per heavy atom. The molecular weight excluding hydrogens is 264 g/mol. The highest BCUT2D eigenvalue weighted by Crippen LogP contribution is 2.21. The van der Waals surface area contributed by atoms with Gasteiger partial charge >= 0.3 is 0 Å². The lowest BCUT2D eigenvalue weighted by molar-refractivity contribution is 0.410. The van der Waals surface area contributed by atoms with E-state index in [1.54, 1.807) is 7.11 Å². The Bertz CT molecular complexity index is 764. The van der Waals surface area contributed by atoms with E-state index in [1.807, 2.05) is 55.4 Å². The molecule has 0 aliphatic rings. The molecular formula is C16H18N4O. The van der Waals surface area contributed by atoms with E-state index >= 15 is 0 Å². The average Bonchev–Trinajstić information content (AvgIpc) is 2.89. The van der Waals surface area contributed by atoms with Gasteiger partial charge in [0.25, 0.3) is 0 Å². The van der Waals surface area contributed by atoms with E-state index < -0.39 is 0 Å². The number of H-pyrrole nitrogens is 1. The fourth-order valence-corrected chi connectivity index (χ4v) is 2.29. The molecule has 0 atom stereocenters. The first kappa shape index (κ1) is 13.4. The third kappa shape index (κ3) is 2.67. The van der Waals surface area contributed by atoms with Crippen LogP contribution in [0, 0.1) is 0 Å². The second kappa shape index (κ2) is 5.44. The number of ether oxygens (including phenoxy) is 1. The first-order valence-corrected chi connectivity index (χ1v) is 6.82. The lowest BCUT2D eigenvalue weighted by Crippen LogP contribution is -2.10. The maximum Gasteiger partial charge on any atom is 0.179 e. The standard InChI is InChI=1S/C16H18N4O/c1-20(2)15-9-8-12-16(19-15)18-14(17-12)10-11-6-4-5-7-13(11)21-3/h4-9H,10H2,1-3H3,(H,17,18,19). The van der Waals surface area contributed by atoms with Gasteiger partial charge in [0.1, 0.15) is 17.4 Å². The predicted octanol–water partition coefficient (Wildman–Crippen LogP) is 2.62. The molecule has 2 heterocycles. The third-order valence-electron chi connectivity index (χ3n) is 3.39. The molecule has 108 valence electrons. The molecule has 0 aliphatic heterocycles. The number of rotatable bonds is 4. The minimum Gasteiger partial charge on any atom is -0.496 e. The van der Waals surface area contributed by atoms with Crippen LogP contribution in [0.3, 0.4) is 0 Å². The van der Waals surface area contributed by atoms with Crippen molar-refractivity contribution >= 4 is 17.0 Å². The van der Waals surface area contributed by atoms with Gasteiger partial charge in [0.2, 0.25) is 0 Å². The number of aromatic nitrogens is 3. The zero-order valence-corrected chi connectivity index (χ0v) is 12.4. The van der Waals surface area contributed by atoms with Crippen molar-refractivity contribution in [2.45, 2.75) is 6.42 Å². The Labute approximate surface area is 123 Å². The van der Waals surface area contributed by atoms with Crippen LogP contribution in [0.1, 0.15) is 11.4 Å². The number of aromatic amines is 1. The Morgan fingerprint density at radius 1 is 1.10 bits per heavy atom. The van der Waals surface area contributed by atoms with Crippen LogP contribution in [-0.4, -0.2) is 36.2 Å². The highest BCUT2D eigenvalue weighted by Gasteiger charge is 2.09. The van der Waals surface area contributed by atoms with Crippen LogP contribution in [0.4, 0.5) is 5.82 Å². The molecule has 2 aromatic heterocycles. The van der Waals surface area contributed by atoms with Crippen molar-refractivity contribution in [3.63, 3.8) is 0 Å². The number of benzene rings is 1. The van der Waals surface area contributed by atoms with E-state index in [9.17, 15) is 0 Å². The largest absolute Gasteiger partial charge is 0.496 e. The summed E-state index contributed by atoms with van der Waals surface area (Å²) in [4.78, 5) is 14.4. The maximum absolute atomic E-state index is 5.38. The zero-order valence-electron chi connectivity index (χ0n) is 12.4. The summed E-state index contributed by atoms with van der Waals surface area (Å²) in [7, 11) is 5.62. The molecule has 0 amide bonds. The quantitative estimate of drug-likeness (QED) is 0.799. The van der Waals surface area contributed by atoms with Crippen LogP contribution in [0.15, 0.2) is 36.4 Å². The van der Waals surface area contributed by atoms with Gasteiger partial charge in [-0.25, -0.2) is 9.97 Å². The molecule has 21 heavy (non-hydrogen) atoms. The third-order valence-corrected chi connectivity index (χ3v) is 3.39. The van der Waals surface area contributed by atoms with Gasteiger partial charge in [-0.3, -0.25) is 0 Å². The summed E-state index contributed by atoms with van der Waals surface area (Å²) in [6, 6.07) is 12.0. The lowest BCUT2D eigenvalue weighted by atomic mass is 10.1. The number of pyridine rings is 1. The van der Waals surface area contributed by atoms with Crippen molar-refractivity contribution in [1.82, 2.24) is 15.0 Å². The van der Waals surface area contributed by atoms with Crippen molar-refractivity contribution in [3.05, 3.63) is 47.8 Å². The number of nitrogens with one attached hydrogen (secondary N) is 1. The molecule has 0 spiro atoms. The van der Waals surface area contributed by atoms with Gasteiger partial charge in [-0.2, -0.15) is 0 Å². The van der Waals surface area contributed by atoms with Gasteiger partial charge in [0.15, 0.2) is 5.65 Å². The fourth-order valence-electron chi connectivity index (χ4n) is 2.29. The number of methoxy groups -OCH3 is 1. The molecule has 0 aliphatic carbocycles. The molecule has 3 rings (SSSR count). The van der Waals surface area contributed by atoms with E-state index in [0.717, 1.165) is 34.1 Å². The number of hydrogen-bond donors (Lipinski definition) is 1. The predicted molar refractivity (Wildman–Crippen MR) is 84.0 cm³/mol. The molecule has 3 aromatic rings. The monoisotopic (exact) mass is 282 g/mol. The summed E-state index contributed by atoms with van der Waals surface area (Å²) in [5, 5.41) is 0. The normalized spacial score (nSPS) is 10.8. The maximum atomic E-state index is 5.38. The summed E-state index contributed by atoms with van der Waals surface area (Å²) in [6.07, 6.45) is 0.692. The highest BCUT2D eigenvalue weighted by molar-refractivity contribution is 5.73. The Morgan fingerprint density at radius 3 is 2.67 bits per heavy atom. The number of para-hydroxylation sites is 1. The smallest absolute Gasteiger partial charge is 0.179 e. The first-order chi connectivity index (χ1) is 10.2. The van der Waals surface area contributed by atoms with E-state index in [4.69, 9.17) is 4.74 Å². The molecule has 0 saturated heterocycles. The van der Waals surface area contributed by atoms with E-state index in [-0.39, 0.29) is 0 Å². The summed E-state index contributed by atoms with van der Waals surface area (Å²) >= 11 is 0. The first-order valence-electron chi connectivity index (χ1n) is 6.82. The van der Waals surface area contributed by atoms with E-state index in [2.05, 4.69) is 15.0 Å². The second-order valence-corrected chi connectivity index (χ2v) is 5.11. The lowest BCUT2D eigenvalue weighted by Gasteiger charge is -2.09. The molecule has 0 bridgehead atoms. The van der Waals surface area contributed by atoms with Crippen LogP contribution < -0.4 is 9.64 Å². The fraction of sp³-hybridized carbons (Fsp3) is 0.250. The van der Waals surface area contributed by atoms with Crippen LogP contribution in [0.2, 0.25) is 0 Å². The average molecular weight is 282 g/mol. The van der Waals surface area contributed by atoms with Gasteiger partial charge in [-0.15, -0.1) is 0 Å². The molecule has 5 nitrogen and oxygen atoms in total. The van der Waals surface area contributed by atoms with Crippen LogP contribution in [0.25, 0.3) is 11.2 Å². The highest BCUT2D eigenvalue weighted by atomic mass is 16.5. The van der Waals surface area contributed by atoms with Crippen LogP contribution in [-0.2, 0) is 6.42 Å². The SMILES string of the molecule is COc1ccccc1Cc1nc2nc(N(C)C)ccc2[nH]1. The van der Waals surface area contributed by atoms with Gasteiger partial charge < -0.3 is 14.6 Å². The summed E-state index contributed by atoms with van der Waals surface area (Å²) in [5.41, 5.74) is 2.79. The van der Waals surface area contributed by atoms with Gasteiger partial charge in [-0.05, 0) is 18.2 Å². The molecule has 5 heteroatoms. The number of nitrogens with zero attached hydrogens (tertiary/aromatic N) is 3. The minimum atomic E-state index is 0.692. The molecule has 0 saturated carbocycles. The molecule has 0 unspecified atom stereocenters. The number of fused-ring (bicyclic) bond motifs is 1. The Kier molecular flexibility index (Phi) is 3.48. The molecule has 1 N–H and O–H groups in total. The number of anilines is 1. The van der Waals surface area contributed by atoms with E-state index in [1.165, 1.54) is 0 Å². The van der Waals surface area contributed by atoms with Gasteiger partial charge in [-0.1, -0.05) is 18.2 Å². The molecule has 1 aromatic carbocycles. The summed E-state index contributed by atoms with van der Waals surface area (Å²) in [5.74, 6) is 2.66. The summed E-state index contributed by atoms with van der Waals surface area (Å²) in [6.45, 7) is 0. The summed E-state index contributed by atoms with van der Waals surface area (Å²) < 4.78 is 5.38. The van der Waals surface area contributed by atoms with Crippen LogP contribution >= 0.6 is 0 Å². The topological polar surface area (TPSA) is 54.0 Å².